The van der Waals surface area contributed by atoms with Gasteiger partial charge in [-0.2, -0.15) is 0 Å². The van der Waals surface area contributed by atoms with Crippen LogP contribution in [0.25, 0.3) is 0 Å². The van der Waals surface area contributed by atoms with Gasteiger partial charge in [0.2, 0.25) is 0 Å². The first-order valence-electron chi connectivity index (χ1n) is 5.18. The molecule has 15 heavy (non-hydrogen) atoms. The van der Waals surface area contributed by atoms with Crippen molar-refractivity contribution in [2.75, 3.05) is 18.9 Å². The fraction of sp³-hybridized carbons (Fsp3) is 0.600. The molecule has 1 aromatic rings. The molecule has 1 heterocycles. The van der Waals surface area contributed by atoms with E-state index in [0.717, 1.165) is 5.69 Å². The summed E-state index contributed by atoms with van der Waals surface area (Å²) in [6.07, 6.45) is 2.48. The minimum Gasteiger partial charge on any atom is -0.328 e. The number of thiazole rings is 1. The van der Waals surface area contributed by atoms with Gasteiger partial charge < -0.3 is 4.90 Å². The Hall–Kier alpha value is -1.10. The molecule has 5 heteroatoms. The maximum Gasteiger partial charge on any atom is 0.323 e. The van der Waals surface area contributed by atoms with E-state index in [1.54, 1.807) is 11.9 Å². The van der Waals surface area contributed by atoms with E-state index in [1.807, 2.05) is 12.3 Å². The summed E-state index contributed by atoms with van der Waals surface area (Å²) in [6, 6.07) is -0.0887. The minimum absolute atomic E-state index is 0.0887. The van der Waals surface area contributed by atoms with Crippen molar-refractivity contribution in [3.05, 3.63) is 11.1 Å². The van der Waals surface area contributed by atoms with Crippen molar-refractivity contribution < 1.29 is 4.79 Å². The van der Waals surface area contributed by atoms with Crippen LogP contribution in [0.1, 0.15) is 31.4 Å². The first kappa shape index (κ1) is 10.4. The predicted molar refractivity (Wildman–Crippen MR) is 61.4 cm³/mol. The summed E-state index contributed by atoms with van der Waals surface area (Å²) in [6.45, 7) is 2.64. The SMILES string of the molecule is CCN(C)C(=O)Nc1nc(C2CC2)cs1. The number of anilines is 1. The highest BCUT2D eigenvalue weighted by atomic mass is 32.1. The Balaban J connectivity index is 1.95. The Bertz CT molecular complexity index is 359. The van der Waals surface area contributed by atoms with Gasteiger partial charge in [0.05, 0.1) is 5.69 Å². The Labute approximate surface area is 93.3 Å². The molecule has 4 nitrogen and oxygen atoms in total. The second-order valence-corrected chi connectivity index (χ2v) is 4.65. The highest BCUT2D eigenvalue weighted by Crippen LogP contribution is 2.40. The van der Waals surface area contributed by atoms with Crippen LogP contribution < -0.4 is 5.32 Å². The molecule has 1 aliphatic carbocycles. The maximum absolute atomic E-state index is 11.5. The Kier molecular flexibility index (Phi) is 2.90. The van der Waals surface area contributed by atoms with Crippen LogP contribution in [0.3, 0.4) is 0 Å². The zero-order valence-corrected chi connectivity index (χ0v) is 9.80. The molecule has 0 radical (unpaired) electrons. The smallest absolute Gasteiger partial charge is 0.323 e. The zero-order valence-electron chi connectivity index (χ0n) is 8.99. The number of aromatic nitrogens is 1. The summed E-state index contributed by atoms with van der Waals surface area (Å²) in [5.74, 6) is 0.649. The predicted octanol–water partition coefficient (Wildman–Crippen LogP) is 2.50. The van der Waals surface area contributed by atoms with E-state index in [1.165, 1.54) is 24.2 Å². The van der Waals surface area contributed by atoms with Gasteiger partial charge in [0.25, 0.3) is 0 Å². The van der Waals surface area contributed by atoms with Crippen molar-refractivity contribution in [1.29, 1.82) is 0 Å². The number of hydrogen-bond donors (Lipinski definition) is 1. The lowest BCUT2D eigenvalue weighted by molar-refractivity contribution is 0.224. The van der Waals surface area contributed by atoms with Gasteiger partial charge in [0.1, 0.15) is 0 Å². The first-order chi connectivity index (χ1) is 7.20. The lowest BCUT2D eigenvalue weighted by atomic mass is 10.3. The lowest BCUT2D eigenvalue weighted by Crippen LogP contribution is -2.30. The highest BCUT2D eigenvalue weighted by Gasteiger charge is 2.26. The molecule has 0 saturated heterocycles. The van der Waals surface area contributed by atoms with E-state index in [-0.39, 0.29) is 6.03 Å². The van der Waals surface area contributed by atoms with E-state index < -0.39 is 0 Å². The number of hydrogen-bond acceptors (Lipinski definition) is 3. The largest absolute Gasteiger partial charge is 0.328 e. The third kappa shape index (κ3) is 2.47. The molecule has 2 amide bonds. The van der Waals surface area contributed by atoms with Gasteiger partial charge in [-0.1, -0.05) is 0 Å². The van der Waals surface area contributed by atoms with Gasteiger partial charge in [-0.3, -0.25) is 5.32 Å². The third-order valence-corrected chi connectivity index (χ3v) is 3.33. The quantitative estimate of drug-likeness (QED) is 0.859. The van der Waals surface area contributed by atoms with Crippen molar-refractivity contribution >= 4 is 22.5 Å². The van der Waals surface area contributed by atoms with E-state index in [2.05, 4.69) is 10.3 Å². The molecule has 0 aliphatic heterocycles. The van der Waals surface area contributed by atoms with E-state index in [0.29, 0.717) is 17.6 Å². The molecule has 1 N–H and O–H groups in total. The summed E-state index contributed by atoms with van der Waals surface area (Å²) in [5, 5.41) is 5.54. The van der Waals surface area contributed by atoms with Crippen LogP contribution in [-0.4, -0.2) is 29.5 Å². The fourth-order valence-electron chi connectivity index (χ4n) is 1.24. The minimum atomic E-state index is -0.0887. The molecule has 1 aromatic heterocycles. The molecule has 2 rings (SSSR count). The second kappa shape index (κ2) is 4.18. The molecule has 0 aromatic carbocycles. The van der Waals surface area contributed by atoms with Crippen molar-refractivity contribution in [2.45, 2.75) is 25.7 Å². The summed E-state index contributed by atoms with van der Waals surface area (Å²) >= 11 is 1.50. The average molecular weight is 225 g/mol. The Morgan fingerprint density at radius 2 is 2.47 bits per heavy atom. The van der Waals surface area contributed by atoms with Crippen LogP contribution in [-0.2, 0) is 0 Å². The number of urea groups is 1. The van der Waals surface area contributed by atoms with Crippen LogP contribution >= 0.6 is 11.3 Å². The number of carbonyl (C=O) groups excluding carboxylic acids is 1. The van der Waals surface area contributed by atoms with Crippen LogP contribution in [0, 0.1) is 0 Å². The summed E-state index contributed by atoms with van der Waals surface area (Å²) in [4.78, 5) is 17.5. The van der Waals surface area contributed by atoms with Crippen molar-refractivity contribution in [2.24, 2.45) is 0 Å². The van der Waals surface area contributed by atoms with Crippen molar-refractivity contribution in [1.82, 2.24) is 9.88 Å². The monoisotopic (exact) mass is 225 g/mol. The molecule has 1 aliphatic rings. The lowest BCUT2D eigenvalue weighted by Gasteiger charge is -2.13. The molecule has 0 unspecified atom stereocenters. The number of amides is 2. The standard InChI is InChI=1S/C10H15N3OS/c1-3-13(2)10(14)12-9-11-8(6-15-9)7-4-5-7/h6-7H,3-5H2,1-2H3,(H,11,12,14). The molecule has 1 saturated carbocycles. The van der Waals surface area contributed by atoms with Crippen LogP contribution in [0.4, 0.5) is 9.93 Å². The topological polar surface area (TPSA) is 45.2 Å². The van der Waals surface area contributed by atoms with Gasteiger partial charge in [0.15, 0.2) is 5.13 Å². The molecule has 1 fully saturated rings. The highest BCUT2D eigenvalue weighted by molar-refractivity contribution is 7.13. The summed E-state index contributed by atoms with van der Waals surface area (Å²) < 4.78 is 0. The second-order valence-electron chi connectivity index (χ2n) is 3.80. The number of rotatable bonds is 3. The van der Waals surface area contributed by atoms with Gasteiger partial charge in [-0.25, -0.2) is 9.78 Å². The number of nitrogens with zero attached hydrogens (tertiary/aromatic N) is 2. The third-order valence-electron chi connectivity index (χ3n) is 2.55. The zero-order chi connectivity index (χ0) is 10.8. The molecular weight excluding hydrogens is 210 g/mol. The van der Waals surface area contributed by atoms with Gasteiger partial charge in [-0.15, -0.1) is 11.3 Å². The number of nitrogens with one attached hydrogen (secondary N) is 1. The maximum atomic E-state index is 11.5. The molecular formula is C10H15N3OS. The summed E-state index contributed by atoms with van der Waals surface area (Å²) in [5.41, 5.74) is 1.13. The summed E-state index contributed by atoms with van der Waals surface area (Å²) in [7, 11) is 1.77. The van der Waals surface area contributed by atoms with Crippen LogP contribution in [0.2, 0.25) is 0 Å². The van der Waals surface area contributed by atoms with E-state index in [4.69, 9.17) is 0 Å². The fourth-order valence-corrected chi connectivity index (χ4v) is 2.02. The molecule has 82 valence electrons. The normalized spacial score (nSPS) is 15.1. The van der Waals surface area contributed by atoms with Gasteiger partial charge >= 0.3 is 6.03 Å². The van der Waals surface area contributed by atoms with Gasteiger partial charge in [-0.05, 0) is 19.8 Å². The van der Waals surface area contributed by atoms with Crippen molar-refractivity contribution in [3.63, 3.8) is 0 Å². The molecule has 0 atom stereocenters. The average Bonchev–Trinajstić information content (AvgIpc) is 2.99. The molecule has 0 bridgehead atoms. The molecule has 0 spiro atoms. The van der Waals surface area contributed by atoms with E-state index >= 15 is 0 Å². The first-order valence-corrected chi connectivity index (χ1v) is 6.06. The van der Waals surface area contributed by atoms with Crippen LogP contribution in [0.5, 0.6) is 0 Å². The van der Waals surface area contributed by atoms with E-state index in [9.17, 15) is 4.79 Å². The van der Waals surface area contributed by atoms with Crippen LogP contribution in [0.15, 0.2) is 5.38 Å². The number of carbonyl (C=O) groups is 1. The Morgan fingerprint density at radius 1 is 1.73 bits per heavy atom. The van der Waals surface area contributed by atoms with Crippen molar-refractivity contribution in [3.8, 4) is 0 Å². The Morgan fingerprint density at radius 3 is 3.07 bits per heavy atom. The van der Waals surface area contributed by atoms with Gasteiger partial charge in [0, 0.05) is 24.9 Å².